The maximum Gasteiger partial charge on any atom is 0.241 e. The predicted molar refractivity (Wildman–Crippen MR) is 110 cm³/mol. The Bertz CT molecular complexity index is 721. The van der Waals surface area contributed by atoms with Crippen molar-refractivity contribution in [2.45, 2.75) is 96.2 Å². The van der Waals surface area contributed by atoms with Crippen LogP contribution in [0.15, 0.2) is 11.1 Å². The average Bonchev–Trinajstić information content (AvgIpc) is 3.14. The summed E-state index contributed by atoms with van der Waals surface area (Å²) in [7, 11) is 0. The van der Waals surface area contributed by atoms with Gasteiger partial charge in [-0.1, -0.05) is 18.4 Å². The average molecular weight is 400 g/mol. The lowest BCUT2D eigenvalue weighted by Gasteiger charge is -2.28. The molecule has 6 heteroatoms. The molecule has 4 fully saturated rings. The third-order valence-corrected chi connectivity index (χ3v) is 6.97. The molecule has 3 aliphatic carbocycles. The molecule has 1 heterocycles. The molecular formula is C23H33N3O3. The van der Waals surface area contributed by atoms with Crippen LogP contribution in [0.4, 0.5) is 0 Å². The zero-order valence-corrected chi connectivity index (χ0v) is 17.7. The first kappa shape index (κ1) is 21.7. The number of piperidine rings is 1. The molecule has 1 amide bonds. The molecule has 3 saturated carbocycles. The molecule has 2 N–H and O–H groups in total. The number of nitrogens with zero attached hydrogens (tertiary/aromatic N) is 2. The van der Waals surface area contributed by atoms with E-state index in [1.807, 2.05) is 0 Å². The second-order valence-electron chi connectivity index (χ2n) is 9.06. The summed E-state index contributed by atoms with van der Waals surface area (Å²) in [6.45, 7) is 2.95. The largest absolute Gasteiger partial charge is 0.322 e. The Labute approximate surface area is 173 Å². The number of allylic oxidation sites excluding steroid dienone is 2. The Balaban J connectivity index is 0.000000177. The summed E-state index contributed by atoms with van der Waals surface area (Å²) in [6, 6.07) is 2.01. The van der Waals surface area contributed by atoms with Gasteiger partial charge in [0.05, 0.1) is 17.7 Å². The van der Waals surface area contributed by atoms with Crippen LogP contribution < -0.4 is 5.73 Å². The lowest BCUT2D eigenvalue weighted by atomic mass is 9.97. The molecule has 4 atom stereocenters. The van der Waals surface area contributed by atoms with Crippen molar-refractivity contribution in [1.82, 2.24) is 4.90 Å². The number of nitriles is 1. The monoisotopic (exact) mass is 399 g/mol. The Morgan fingerprint density at radius 1 is 1.03 bits per heavy atom. The third kappa shape index (κ3) is 4.78. The first-order valence-electron chi connectivity index (χ1n) is 11.1. The fraction of sp³-hybridized carbons (Fsp3) is 0.739. The van der Waals surface area contributed by atoms with Crippen LogP contribution in [-0.4, -0.2) is 40.5 Å². The van der Waals surface area contributed by atoms with Gasteiger partial charge in [-0.05, 0) is 77.0 Å². The van der Waals surface area contributed by atoms with Gasteiger partial charge in [0.25, 0.3) is 0 Å². The van der Waals surface area contributed by atoms with E-state index in [1.54, 1.807) is 4.90 Å². The molecule has 1 aliphatic heterocycles. The number of amides is 1. The molecule has 0 aromatic heterocycles. The second-order valence-corrected chi connectivity index (χ2v) is 9.06. The molecule has 158 valence electrons. The number of rotatable bonds is 4. The van der Waals surface area contributed by atoms with Gasteiger partial charge in [-0.3, -0.25) is 14.4 Å². The molecule has 0 bridgehead atoms. The molecular weight excluding hydrogens is 366 g/mol. The molecule has 4 unspecified atom stereocenters. The molecule has 6 nitrogen and oxygen atoms in total. The van der Waals surface area contributed by atoms with Gasteiger partial charge >= 0.3 is 0 Å². The lowest BCUT2D eigenvalue weighted by Crippen LogP contribution is -2.50. The maximum absolute atomic E-state index is 12.4. The van der Waals surface area contributed by atoms with Crippen LogP contribution in [0.2, 0.25) is 0 Å². The van der Waals surface area contributed by atoms with Gasteiger partial charge in [0.2, 0.25) is 5.91 Å². The summed E-state index contributed by atoms with van der Waals surface area (Å²) < 4.78 is 0. The predicted octanol–water partition coefficient (Wildman–Crippen LogP) is 3.05. The highest BCUT2D eigenvalue weighted by Crippen LogP contribution is 2.48. The molecule has 0 aromatic rings. The van der Waals surface area contributed by atoms with E-state index in [4.69, 9.17) is 11.0 Å². The minimum atomic E-state index is -0.368. The van der Waals surface area contributed by atoms with Crippen molar-refractivity contribution in [3.05, 3.63) is 11.1 Å². The molecule has 29 heavy (non-hydrogen) atoms. The van der Waals surface area contributed by atoms with Gasteiger partial charge in [-0.2, -0.15) is 5.26 Å². The number of likely N-dealkylation sites (tertiary alicyclic amines) is 1. The Hall–Kier alpha value is -2.00. The van der Waals surface area contributed by atoms with Gasteiger partial charge in [-0.25, -0.2) is 0 Å². The Morgan fingerprint density at radius 3 is 2.14 bits per heavy atom. The molecule has 0 aromatic carbocycles. The van der Waals surface area contributed by atoms with Crippen LogP contribution in [0.5, 0.6) is 0 Å². The van der Waals surface area contributed by atoms with Gasteiger partial charge in [0.15, 0.2) is 11.6 Å². The number of carbonyl (C=O) groups excluding carboxylic acids is 3. The SMILES string of the molecule is CC(=O)C(C(C)=O)=C1CCCC1.N#CC1CC2CC2N1C(=O)C(N)C1CCCC1. The first-order valence-corrected chi connectivity index (χ1v) is 11.1. The molecule has 0 spiro atoms. The van der Waals surface area contributed by atoms with E-state index in [0.29, 0.717) is 23.5 Å². The zero-order valence-electron chi connectivity index (χ0n) is 17.7. The van der Waals surface area contributed by atoms with Crippen LogP contribution in [0, 0.1) is 23.2 Å². The smallest absolute Gasteiger partial charge is 0.241 e. The topological polar surface area (TPSA) is 104 Å². The maximum atomic E-state index is 12.4. The number of Topliss-reactive ketones (excluding diaryl/α,β-unsaturated/α-hetero) is 2. The van der Waals surface area contributed by atoms with Crippen molar-refractivity contribution < 1.29 is 14.4 Å². The van der Waals surface area contributed by atoms with Crippen molar-refractivity contribution in [2.75, 3.05) is 0 Å². The Kier molecular flexibility index (Phi) is 6.89. The third-order valence-electron chi connectivity index (χ3n) is 6.97. The van der Waals surface area contributed by atoms with Gasteiger partial charge in [-0.15, -0.1) is 0 Å². The van der Waals surface area contributed by atoms with Gasteiger partial charge in [0, 0.05) is 6.04 Å². The summed E-state index contributed by atoms with van der Waals surface area (Å²) in [5.74, 6) is 0.825. The van der Waals surface area contributed by atoms with E-state index in [0.717, 1.165) is 56.9 Å². The highest BCUT2D eigenvalue weighted by Gasteiger charge is 2.55. The number of hydrogen-bond acceptors (Lipinski definition) is 5. The standard InChI is InChI=1S/C13H19N3O.C10H14O2/c14-7-10-5-9-6-11(9)16(10)13(17)12(15)8-3-1-2-4-8;1-7(11)10(8(2)12)9-5-3-4-6-9/h8-12H,1-6,15H2;3-6H2,1-2H3. The van der Waals surface area contributed by atoms with E-state index in [-0.39, 0.29) is 29.6 Å². The first-order chi connectivity index (χ1) is 13.8. The highest BCUT2D eigenvalue weighted by molar-refractivity contribution is 6.19. The minimum Gasteiger partial charge on any atom is -0.322 e. The quantitative estimate of drug-likeness (QED) is 0.444. The number of fused-ring (bicyclic) bond motifs is 1. The summed E-state index contributed by atoms with van der Waals surface area (Å²) in [4.78, 5) is 36.4. The molecule has 1 saturated heterocycles. The van der Waals surface area contributed by atoms with E-state index < -0.39 is 0 Å². The van der Waals surface area contributed by atoms with Crippen molar-refractivity contribution in [2.24, 2.45) is 17.6 Å². The fourth-order valence-corrected chi connectivity index (χ4v) is 5.38. The normalized spacial score (nSPS) is 28.8. The fourth-order valence-electron chi connectivity index (χ4n) is 5.38. The summed E-state index contributed by atoms with van der Waals surface area (Å²) in [5, 5.41) is 9.09. The number of carbonyl (C=O) groups is 3. The van der Waals surface area contributed by atoms with Crippen LogP contribution in [0.3, 0.4) is 0 Å². The van der Waals surface area contributed by atoms with E-state index in [9.17, 15) is 14.4 Å². The number of hydrogen-bond donors (Lipinski definition) is 1. The van der Waals surface area contributed by atoms with Crippen LogP contribution in [0.1, 0.15) is 78.1 Å². The van der Waals surface area contributed by atoms with Crippen molar-refractivity contribution in [3.8, 4) is 6.07 Å². The van der Waals surface area contributed by atoms with Crippen LogP contribution >= 0.6 is 0 Å². The van der Waals surface area contributed by atoms with E-state index in [2.05, 4.69) is 6.07 Å². The second kappa shape index (κ2) is 9.21. The summed E-state index contributed by atoms with van der Waals surface area (Å²) >= 11 is 0. The van der Waals surface area contributed by atoms with Gasteiger partial charge in [0.1, 0.15) is 6.04 Å². The van der Waals surface area contributed by atoms with Crippen molar-refractivity contribution >= 4 is 17.5 Å². The number of nitrogens with two attached hydrogens (primary N) is 1. The number of ketones is 2. The summed E-state index contributed by atoms with van der Waals surface area (Å²) in [6.07, 6.45) is 10.6. The van der Waals surface area contributed by atoms with E-state index >= 15 is 0 Å². The highest BCUT2D eigenvalue weighted by atomic mass is 16.2. The molecule has 0 radical (unpaired) electrons. The van der Waals surface area contributed by atoms with Gasteiger partial charge < -0.3 is 10.6 Å². The lowest BCUT2D eigenvalue weighted by molar-refractivity contribution is -0.134. The zero-order chi connectivity index (χ0) is 21.1. The van der Waals surface area contributed by atoms with Crippen molar-refractivity contribution in [1.29, 1.82) is 5.26 Å². The summed E-state index contributed by atoms with van der Waals surface area (Å²) in [5.41, 5.74) is 7.64. The van der Waals surface area contributed by atoms with Crippen LogP contribution in [-0.2, 0) is 14.4 Å². The Morgan fingerprint density at radius 2 is 1.62 bits per heavy atom. The molecule has 4 rings (SSSR count). The van der Waals surface area contributed by atoms with Crippen LogP contribution in [0.25, 0.3) is 0 Å². The molecule has 4 aliphatic rings. The van der Waals surface area contributed by atoms with E-state index in [1.165, 1.54) is 26.7 Å². The van der Waals surface area contributed by atoms with Crippen molar-refractivity contribution in [3.63, 3.8) is 0 Å². The minimum absolute atomic E-state index is 0.0356.